The van der Waals surface area contributed by atoms with Gasteiger partial charge in [-0.15, -0.1) is 0 Å². The third-order valence-electron chi connectivity index (χ3n) is 3.80. The van der Waals surface area contributed by atoms with E-state index in [-0.39, 0.29) is 11.5 Å². The molecular formula is C17H27NO3. The molecule has 4 nitrogen and oxygen atoms in total. The quantitative estimate of drug-likeness (QED) is 0.372. The Balaban J connectivity index is 2.25. The second kappa shape index (κ2) is 8.65. The predicted molar refractivity (Wildman–Crippen MR) is 83.4 cm³/mol. The summed E-state index contributed by atoms with van der Waals surface area (Å²) in [5.41, 5.74) is 0.270. The van der Waals surface area contributed by atoms with E-state index in [1.807, 2.05) is 0 Å². The number of nitrogens with zero attached hydrogens (tertiary/aromatic N) is 1. The molecule has 1 rings (SSSR count). The summed E-state index contributed by atoms with van der Waals surface area (Å²) >= 11 is 0. The van der Waals surface area contributed by atoms with Crippen LogP contribution in [0.2, 0.25) is 0 Å². The Labute approximate surface area is 127 Å². The number of ether oxygens (including phenoxy) is 1. The number of esters is 1. The van der Waals surface area contributed by atoms with Crippen molar-refractivity contribution in [1.29, 1.82) is 0 Å². The lowest BCUT2D eigenvalue weighted by Crippen LogP contribution is -2.25. The topological polar surface area (TPSA) is 46.6 Å². The van der Waals surface area contributed by atoms with Gasteiger partial charge in [0.25, 0.3) is 0 Å². The summed E-state index contributed by atoms with van der Waals surface area (Å²) in [6.07, 6.45) is 6.39. The van der Waals surface area contributed by atoms with Crippen molar-refractivity contribution in [3.63, 3.8) is 0 Å². The molecule has 118 valence electrons. The van der Waals surface area contributed by atoms with Crippen LogP contribution in [0.5, 0.6) is 0 Å². The lowest BCUT2D eigenvalue weighted by Gasteiger charge is -2.13. The monoisotopic (exact) mass is 293 g/mol. The summed E-state index contributed by atoms with van der Waals surface area (Å²) in [6.45, 7) is 12.7. The summed E-state index contributed by atoms with van der Waals surface area (Å²) in [4.78, 5) is 25.4. The Morgan fingerprint density at radius 3 is 2.71 bits per heavy atom. The zero-order chi connectivity index (χ0) is 15.8. The minimum absolute atomic E-state index is 0.108. The number of rotatable bonds is 9. The summed E-state index contributed by atoms with van der Waals surface area (Å²) in [6, 6.07) is 0. The van der Waals surface area contributed by atoms with E-state index in [2.05, 4.69) is 27.0 Å². The molecule has 0 bridgehead atoms. The summed E-state index contributed by atoms with van der Waals surface area (Å²) in [5, 5.41) is 0. The Kier molecular flexibility index (Phi) is 7.20. The van der Waals surface area contributed by atoms with Crippen LogP contribution in [0, 0.1) is 11.8 Å². The molecule has 0 radical (unpaired) electrons. The van der Waals surface area contributed by atoms with Crippen LogP contribution in [0.15, 0.2) is 24.9 Å². The number of likely N-dealkylation sites (tertiary alicyclic amines) is 1. The Bertz CT molecular complexity index is 401. The molecule has 1 amide bonds. The van der Waals surface area contributed by atoms with Gasteiger partial charge < -0.3 is 9.64 Å². The van der Waals surface area contributed by atoms with Crippen LogP contribution in [-0.4, -0.2) is 29.9 Å². The van der Waals surface area contributed by atoms with E-state index < -0.39 is 11.9 Å². The first-order valence-electron chi connectivity index (χ1n) is 7.76. The zero-order valence-corrected chi connectivity index (χ0v) is 13.3. The van der Waals surface area contributed by atoms with Crippen LogP contribution in [0.1, 0.15) is 46.0 Å². The Hall–Kier alpha value is -1.58. The number of hydrogen-bond donors (Lipinski definition) is 0. The molecule has 21 heavy (non-hydrogen) atoms. The van der Waals surface area contributed by atoms with Crippen molar-refractivity contribution in [3.8, 4) is 0 Å². The highest BCUT2D eigenvalue weighted by atomic mass is 16.5. The molecule has 4 heteroatoms. The minimum atomic E-state index is -0.448. The molecule has 0 aromatic rings. The van der Waals surface area contributed by atoms with Crippen molar-refractivity contribution in [2.45, 2.75) is 46.0 Å². The zero-order valence-electron chi connectivity index (χ0n) is 13.3. The van der Waals surface area contributed by atoms with Gasteiger partial charge in [0.2, 0.25) is 5.91 Å². The van der Waals surface area contributed by atoms with Crippen molar-refractivity contribution in [2.24, 2.45) is 11.8 Å². The summed E-state index contributed by atoms with van der Waals surface area (Å²) in [5.74, 6) is -0.281. The Morgan fingerprint density at radius 1 is 1.43 bits per heavy atom. The molecular weight excluding hydrogens is 266 g/mol. The van der Waals surface area contributed by atoms with Crippen LogP contribution in [-0.2, 0) is 14.3 Å². The van der Waals surface area contributed by atoms with Crippen LogP contribution >= 0.6 is 0 Å². The smallest absolute Gasteiger partial charge is 0.334 e. The van der Waals surface area contributed by atoms with Gasteiger partial charge in [-0.1, -0.05) is 46.3 Å². The van der Waals surface area contributed by atoms with Gasteiger partial charge in [0.15, 0.2) is 0 Å². The molecule has 1 atom stereocenters. The highest BCUT2D eigenvalue weighted by Gasteiger charge is 2.35. The van der Waals surface area contributed by atoms with E-state index in [4.69, 9.17) is 4.74 Å². The van der Waals surface area contributed by atoms with Gasteiger partial charge in [-0.2, -0.15) is 0 Å². The first-order valence-corrected chi connectivity index (χ1v) is 7.76. The van der Waals surface area contributed by atoms with Gasteiger partial charge in [0.05, 0.1) is 12.5 Å². The molecule has 0 aromatic heterocycles. The highest BCUT2D eigenvalue weighted by Crippen LogP contribution is 2.25. The molecule has 0 aromatic carbocycles. The summed E-state index contributed by atoms with van der Waals surface area (Å²) < 4.78 is 5.21. The first-order chi connectivity index (χ1) is 9.97. The van der Waals surface area contributed by atoms with E-state index in [1.54, 1.807) is 0 Å². The molecule has 1 saturated heterocycles. The molecule has 1 unspecified atom stereocenters. The average Bonchev–Trinajstić information content (AvgIpc) is 2.82. The molecule has 0 spiro atoms. The molecule has 0 saturated carbocycles. The van der Waals surface area contributed by atoms with Gasteiger partial charge >= 0.3 is 5.97 Å². The predicted octanol–water partition coefficient (Wildman–Crippen LogP) is 3.29. The highest BCUT2D eigenvalue weighted by molar-refractivity contribution is 5.97. The van der Waals surface area contributed by atoms with Crippen molar-refractivity contribution < 1.29 is 14.3 Å². The number of amides is 1. The summed E-state index contributed by atoms with van der Waals surface area (Å²) in [7, 11) is 0. The van der Waals surface area contributed by atoms with Gasteiger partial charge in [-0.3, -0.25) is 4.79 Å². The maximum absolute atomic E-state index is 11.9. The second-order valence-corrected chi connectivity index (χ2v) is 5.96. The fourth-order valence-corrected chi connectivity index (χ4v) is 2.44. The number of carbonyl (C=O) groups excluding carboxylic acids is 2. The van der Waals surface area contributed by atoms with Crippen LogP contribution in [0.3, 0.4) is 0 Å². The van der Waals surface area contributed by atoms with Crippen molar-refractivity contribution >= 4 is 11.9 Å². The molecule has 0 aliphatic carbocycles. The number of carbonyl (C=O) groups is 2. The van der Waals surface area contributed by atoms with Crippen molar-refractivity contribution in [1.82, 2.24) is 4.90 Å². The van der Waals surface area contributed by atoms with Crippen molar-refractivity contribution in [3.05, 3.63) is 24.9 Å². The van der Waals surface area contributed by atoms with Gasteiger partial charge in [-0.05, 0) is 25.0 Å². The SMILES string of the molecule is C=CN1CCC(C(=C)C(=O)OCCCCCC(C)C)C1=O. The van der Waals surface area contributed by atoms with E-state index in [9.17, 15) is 9.59 Å². The van der Waals surface area contributed by atoms with E-state index in [0.29, 0.717) is 25.5 Å². The van der Waals surface area contributed by atoms with Gasteiger partial charge in [-0.25, -0.2) is 4.79 Å². The molecule has 1 heterocycles. The fraction of sp³-hybridized carbons (Fsp3) is 0.647. The minimum Gasteiger partial charge on any atom is -0.462 e. The maximum atomic E-state index is 11.9. The molecule has 1 aliphatic rings. The number of unbranched alkanes of at least 4 members (excludes halogenated alkanes) is 2. The largest absolute Gasteiger partial charge is 0.462 e. The van der Waals surface area contributed by atoms with Crippen LogP contribution in [0.4, 0.5) is 0 Å². The van der Waals surface area contributed by atoms with E-state index >= 15 is 0 Å². The van der Waals surface area contributed by atoms with E-state index in [0.717, 1.165) is 19.3 Å². The lowest BCUT2D eigenvalue weighted by atomic mass is 9.99. The van der Waals surface area contributed by atoms with Crippen LogP contribution < -0.4 is 0 Å². The standard InChI is InChI=1S/C17H27NO3/c1-5-18-11-10-15(16(18)19)14(4)17(20)21-12-8-6-7-9-13(2)3/h5,13,15H,1,4,6-12H2,2-3H3. The van der Waals surface area contributed by atoms with Gasteiger partial charge in [0.1, 0.15) is 0 Å². The third-order valence-corrected chi connectivity index (χ3v) is 3.80. The third kappa shape index (κ3) is 5.37. The normalized spacial score (nSPS) is 18.1. The van der Waals surface area contributed by atoms with Gasteiger partial charge in [0, 0.05) is 12.1 Å². The first kappa shape index (κ1) is 17.5. The lowest BCUT2D eigenvalue weighted by molar-refractivity contribution is -0.141. The van der Waals surface area contributed by atoms with E-state index in [1.165, 1.54) is 17.5 Å². The molecule has 1 aliphatic heterocycles. The van der Waals surface area contributed by atoms with Crippen LogP contribution in [0.25, 0.3) is 0 Å². The molecule has 1 fully saturated rings. The second-order valence-electron chi connectivity index (χ2n) is 5.96. The molecule has 0 N–H and O–H groups in total. The number of hydrogen-bond acceptors (Lipinski definition) is 3. The Morgan fingerprint density at radius 2 is 2.14 bits per heavy atom. The maximum Gasteiger partial charge on any atom is 0.334 e. The van der Waals surface area contributed by atoms with Crippen molar-refractivity contribution in [2.75, 3.05) is 13.2 Å². The average molecular weight is 293 g/mol. The fourth-order valence-electron chi connectivity index (χ4n) is 2.44.